The molecule has 0 unspecified atom stereocenters. The van der Waals surface area contributed by atoms with E-state index in [0.717, 1.165) is 35.2 Å². The highest BCUT2D eigenvalue weighted by atomic mass is 32.1. The van der Waals surface area contributed by atoms with E-state index in [1.54, 1.807) is 25.6 Å². The normalized spacial score (nSPS) is 10.5. The standard InChI is InChI=1S/C14H18N2O2S/c1-10-7-16-14(19-10)9-15-8-11-4-5-12(17-2)6-13(11)18-3/h4-7,15H,8-9H2,1-3H3. The zero-order chi connectivity index (χ0) is 13.7. The summed E-state index contributed by atoms with van der Waals surface area (Å²) in [7, 11) is 3.32. The van der Waals surface area contributed by atoms with Gasteiger partial charge in [-0.2, -0.15) is 0 Å². The Kier molecular flexibility index (Phi) is 4.76. The molecule has 5 heteroatoms. The molecule has 0 spiro atoms. The number of ether oxygens (including phenoxy) is 2. The van der Waals surface area contributed by atoms with Crippen LogP contribution >= 0.6 is 11.3 Å². The lowest BCUT2D eigenvalue weighted by Gasteiger charge is -2.10. The molecule has 1 aromatic heterocycles. The van der Waals surface area contributed by atoms with Crippen molar-refractivity contribution in [1.29, 1.82) is 0 Å². The van der Waals surface area contributed by atoms with Gasteiger partial charge in [-0.3, -0.25) is 0 Å². The number of aromatic nitrogens is 1. The largest absolute Gasteiger partial charge is 0.497 e. The minimum Gasteiger partial charge on any atom is -0.497 e. The molecule has 0 bridgehead atoms. The maximum atomic E-state index is 5.36. The predicted molar refractivity (Wildman–Crippen MR) is 76.9 cm³/mol. The third-order valence-corrected chi connectivity index (χ3v) is 3.67. The maximum Gasteiger partial charge on any atom is 0.127 e. The van der Waals surface area contributed by atoms with Gasteiger partial charge in [-0.15, -0.1) is 11.3 Å². The number of rotatable bonds is 6. The number of aryl methyl sites for hydroxylation is 1. The van der Waals surface area contributed by atoms with Gasteiger partial charge in [-0.1, -0.05) is 6.07 Å². The van der Waals surface area contributed by atoms with Gasteiger partial charge in [-0.25, -0.2) is 4.98 Å². The number of nitrogens with one attached hydrogen (secondary N) is 1. The minimum absolute atomic E-state index is 0.742. The van der Waals surface area contributed by atoms with Crippen LogP contribution in [0.5, 0.6) is 11.5 Å². The Morgan fingerprint density at radius 3 is 2.68 bits per heavy atom. The van der Waals surface area contributed by atoms with Crippen LogP contribution in [-0.2, 0) is 13.1 Å². The average molecular weight is 278 g/mol. The number of hydrogen-bond donors (Lipinski definition) is 1. The fourth-order valence-electron chi connectivity index (χ4n) is 1.79. The van der Waals surface area contributed by atoms with Gasteiger partial charge >= 0.3 is 0 Å². The first-order valence-corrected chi connectivity index (χ1v) is 6.87. The predicted octanol–water partition coefficient (Wildman–Crippen LogP) is 2.76. The van der Waals surface area contributed by atoms with Crippen LogP contribution in [0.2, 0.25) is 0 Å². The second-order valence-electron chi connectivity index (χ2n) is 4.15. The van der Waals surface area contributed by atoms with Crippen LogP contribution in [0.4, 0.5) is 0 Å². The summed E-state index contributed by atoms with van der Waals surface area (Å²) < 4.78 is 10.5. The molecule has 0 aliphatic rings. The van der Waals surface area contributed by atoms with Crippen LogP contribution < -0.4 is 14.8 Å². The monoisotopic (exact) mass is 278 g/mol. The third-order valence-electron chi connectivity index (χ3n) is 2.76. The first-order valence-electron chi connectivity index (χ1n) is 6.06. The Morgan fingerprint density at radius 2 is 2.05 bits per heavy atom. The summed E-state index contributed by atoms with van der Waals surface area (Å²) in [5, 5.41) is 4.47. The van der Waals surface area contributed by atoms with E-state index in [1.165, 1.54) is 4.88 Å². The molecular formula is C14H18N2O2S. The number of methoxy groups -OCH3 is 2. The van der Waals surface area contributed by atoms with E-state index < -0.39 is 0 Å². The number of thiazole rings is 1. The Hall–Kier alpha value is -1.59. The van der Waals surface area contributed by atoms with Gasteiger partial charge in [0.05, 0.1) is 14.2 Å². The molecule has 102 valence electrons. The number of nitrogens with zero attached hydrogens (tertiary/aromatic N) is 1. The molecule has 0 radical (unpaired) electrons. The van der Waals surface area contributed by atoms with Crippen LogP contribution in [0, 0.1) is 6.92 Å². The van der Waals surface area contributed by atoms with E-state index in [4.69, 9.17) is 9.47 Å². The van der Waals surface area contributed by atoms with Crippen molar-refractivity contribution in [3.63, 3.8) is 0 Å². The SMILES string of the molecule is COc1ccc(CNCc2ncc(C)s2)c(OC)c1. The quantitative estimate of drug-likeness (QED) is 0.882. The number of hydrogen-bond acceptors (Lipinski definition) is 5. The summed E-state index contributed by atoms with van der Waals surface area (Å²) in [5.41, 5.74) is 1.11. The summed E-state index contributed by atoms with van der Waals surface area (Å²) in [4.78, 5) is 5.56. The van der Waals surface area contributed by atoms with Crippen molar-refractivity contribution >= 4 is 11.3 Å². The van der Waals surface area contributed by atoms with E-state index in [0.29, 0.717) is 0 Å². The fraction of sp³-hybridized carbons (Fsp3) is 0.357. The van der Waals surface area contributed by atoms with E-state index in [9.17, 15) is 0 Å². The van der Waals surface area contributed by atoms with Gasteiger partial charge in [0.1, 0.15) is 16.5 Å². The lowest BCUT2D eigenvalue weighted by molar-refractivity contribution is 0.390. The topological polar surface area (TPSA) is 43.4 Å². The summed E-state index contributed by atoms with van der Waals surface area (Å²) >= 11 is 1.71. The van der Waals surface area contributed by atoms with Gasteiger partial charge in [-0.05, 0) is 13.0 Å². The summed E-state index contributed by atoms with van der Waals surface area (Å²) in [6.45, 7) is 3.58. The van der Waals surface area contributed by atoms with Crippen LogP contribution in [0.1, 0.15) is 15.4 Å². The molecule has 19 heavy (non-hydrogen) atoms. The zero-order valence-electron chi connectivity index (χ0n) is 11.4. The minimum atomic E-state index is 0.742. The molecule has 0 saturated carbocycles. The van der Waals surface area contributed by atoms with Crippen LogP contribution in [0.25, 0.3) is 0 Å². The lowest BCUT2D eigenvalue weighted by atomic mass is 10.2. The van der Waals surface area contributed by atoms with Crippen molar-refractivity contribution < 1.29 is 9.47 Å². The van der Waals surface area contributed by atoms with Crippen molar-refractivity contribution in [2.75, 3.05) is 14.2 Å². The molecular weight excluding hydrogens is 260 g/mol. The summed E-state index contributed by atoms with van der Waals surface area (Å²) in [6.07, 6.45) is 1.90. The lowest BCUT2D eigenvalue weighted by Crippen LogP contribution is -2.13. The fourth-order valence-corrected chi connectivity index (χ4v) is 2.54. The van der Waals surface area contributed by atoms with Gasteiger partial charge in [0.25, 0.3) is 0 Å². The zero-order valence-corrected chi connectivity index (χ0v) is 12.2. The Morgan fingerprint density at radius 1 is 1.21 bits per heavy atom. The molecule has 1 aromatic carbocycles. The van der Waals surface area contributed by atoms with Gasteiger partial charge in [0.15, 0.2) is 0 Å². The molecule has 0 amide bonds. The molecule has 0 atom stereocenters. The molecule has 0 saturated heterocycles. The second-order valence-corrected chi connectivity index (χ2v) is 5.47. The van der Waals surface area contributed by atoms with E-state index >= 15 is 0 Å². The molecule has 4 nitrogen and oxygen atoms in total. The highest BCUT2D eigenvalue weighted by Crippen LogP contribution is 2.24. The molecule has 1 N–H and O–H groups in total. The summed E-state index contributed by atoms with van der Waals surface area (Å²) in [5.74, 6) is 1.64. The Balaban J connectivity index is 1.95. The molecule has 0 aliphatic heterocycles. The first-order chi connectivity index (χ1) is 9.22. The van der Waals surface area contributed by atoms with Crippen molar-refractivity contribution in [3.8, 4) is 11.5 Å². The number of benzene rings is 1. The van der Waals surface area contributed by atoms with Crippen molar-refractivity contribution in [2.45, 2.75) is 20.0 Å². The van der Waals surface area contributed by atoms with Gasteiger partial charge in [0.2, 0.25) is 0 Å². The van der Waals surface area contributed by atoms with Crippen molar-refractivity contribution in [3.05, 3.63) is 39.8 Å². The maximum absolute atomic E-state index is 5.36. The summed E-state index contributed by atoms with van der Waals surface area (Å²) in [6, 6.07) is 5.84. The molecule has 2 rings (SSSR count). The molecule has 2 aromatic rings. The van der Waals surface area contributed by atoms with Crippen LogP contribution in [-0.4, -0.2) is 19.2 Å². The van der Waals surface area contributed by atoms with E-state index in [-0.39, 0.29) is 0 Å². The Labute approximate surface area is 117 Å². The molecule has 0 aliphatic carbocycles. The van der Waals surface area contributed by atoms with Gasteiger partial charge in [0, 0.05) is 35.8 Å². The van der Waals surface area contributed by atoms with Gasteiger partial charge < -0.3 is 14.8 Å². The van der Waals surface area contributed by atoms with E-state index in [1.807, 2.05) is 24.4 Å². The van der Waals surface area contributed by atoms with Crippen LogP contribution in [0.15, 0.2) is 24.4 Å². The molecule has 0 fully saturated rings. The Bertz CT molecular complexity index is 540. The third kappa shape index (κ3) is 3.68. The van der Waals surface area contributed by atoms with Crippen molar-refractivity contribution in [2.24, 2.45) is 0 Å². The van der Waals surface area contributed by atoms with E-state index in [2.05, 4.69) is 17.2 Å². The molecule has 1 heterocycles. The van der Waals surface area contributed by atoms with Crippen LogP contribution in [0.3, 0.4) is 0 Å². The first kappa shape index (κ1) is 13.8. The smallest absolute Gasteiger partial charge is 0.127 e. The second kappa shape index (κ2) is 6.54. The highest BCUT2D eigenvalue weighted by molar-refractivity contribution is 7.11. The average Bonchev–Trinajstić information content (AvgIpc) is 2.84. The van der Waals surface area contributed by atoms with Crippen molar-refractivity contribution in [1.82, 2.24) is 10.3 Å². The highest BCUT2D eigenvalue weighted by Gasteiger charge is 2.05.